The Hall–Kier alpha value is -1.88. The zero-order chi connectivity index (χ0) is 15.9. The smallest absolute Gasteiger partial charge is 0.410 e. The number of aryl methyl sites for hydroxylation is 1. The van der Waals surface area contributed by atoms with E-state index in [4.69, 9.17) is 4.74 Å². The number of rotatable bonds is 1. The number of carbonyl (C=O) groups is 1. The summed E-state index contributed by atoms with van der Waals surface area (Å²) < 4.78 is 5.45. The van der Waals surface area contributed by atoms with Crippen LogP contribution in [0.2, 0.25) is 0 Å². The van der Waals surface area contributed by atoms with E-state index in [9.17, 15) is 4.79 Å². The summed E-state index contributed by atoms with van der Waals surface area (Å²) in [5.74, 6) is 0. The Kier molecular flexibility index (Phi) is 3.68. The Labute approximate surface area is 134 Å². The second-order valence-electron chi connectivity index (χ2n) is 6.61. The maximum atomic E-state index is 12.2. The van der Waals surface area contributed by atoms with E-state index in [1.807, 2.05) is 27.7 Å². The molecule has 0 aliphatic carbocycles. The topological polar surface area (TPSA) is 42.4 Å². The van der Waals surface area contributed by atoms with Crippen molar-refractivity contribution < 1.29 is 9.53 Å². The Morgan fingerprint density at radius 1 is 1.27 bits per heavy atom. The molecule has 5 heteroatoms. The monoisotopic (exact) mass is 316 g/mol. The van der Waals surface area contributed by atoms with Gasteiger partial charge in [0.05, 0.1) is 0 Å². The van der Waals surface area contributed by atoms with Gasteiger partial charge in [0.25, 0.3) is 0 Å². The van der Waals surface area contributed by atoms with Crippen LogP contribution < -0.4 is 0 Å². The molecule has 0 bridgehead atoms. The lowest BCUT2D eigenvalue weighted by molar-refractivity contribution is 0.0242. The lowest BCUT2D eigenvalue weighted by Crippen LogP contribution is -2.33. The molecule has 0 unspecified atom stereocenters. The van der Waals surface area contributed by atoms with Gasteiger partial charge in [-0.1, -0.05) is 12.1 Å². The van der Waals surface area contributed by atoms with Crippen molar-refractivity contribution in [3.8, 4) is 10.6 Å². The predicted molar refractivity (Wildman–Crippen MR) is 87.8 cm³/mol. The maximum Gasteiger partial charge on any atom is 0.410 e. The summed E-state index contributed by atoms with van der Waals surface area (Å²) in [6, 6.07) is 6.31. The van der Waals surface area contributed by atoms with Crippen LogP contribution in [0.15, 0.2) is 23.6 Å². The van der Waals surface area contributed by atoms with Crippen molar-refractivity contribution in [2.75, 3.05) is 0 Å². The number of nitrogens with zero attached hydrogens (tertiary/aromatic N) is 2. The average molecular weight is 316 g/mol. The van der Waals surface area contributed by atoms with Gasteiger partial charge in [0.1, 0.15) is 10.6 Å². The molecular formula is C17H20N2O2S. The fourth-order valence-corrected chi connectivity index (χ4v) is 3.26. The quantitative estimate of drug-likeness (QED) is 0.784. The summed E-state index contributed by atoms with van der Waals surface area (Å²) in [5.41, 5.74) is 4.05. The van der Waals surface area contributed by atoms with Gasteiger partial charge in [-0.15, -0.1) is 11.3 Å². The molecule has 1 aliphatic rings. The van der Waals surface area contributed by atoms with Crippen LogP contribution in [0.3, 0.4) is 0 Å². The SMILES string of the molecule is Cc1csc(-c2ccc3c(c2)CN(C(=O)OC(C)(C)C)C3)n1. The van der Waals surface area contributed by atoms with Gasteiger partial charge in [0.2, 0.25) is 0 Å². The van der Waals surface area contributed by atoms with Gasteiger partial charge >= 0.3 is 6.09 Å². The van der Waals surface area contributed by atoms with E-state index in [0.717, 1.165) is 16.3 Å². The van der Waals surface area contributed by atoms with Crippen molar-refractivity contribution in [3.05, 3.63) is 40.4 Å². The molecule has 3 rings (SSSR count). The van der Waals surface area contributed by atoms with Gasteiger partial charge in [-0.05, 0) is 44.9 Å². The van der Waals surface area contributed by atoms with E-state index in [0.29, 0.717) is 13.1 Å². The first-order valence-electron chi connectivity index (χ1n) is 7.34. The van der Waals surface area contributed by atoms with Gasteiger partial charge in [-0.3, -0.25) is 4.90 Å². The fraction of sp³-hybridized carbons (Fsp3) is 0.412. The van der Waals surface area contributed by atoms with Crippen LogP contribution in [0.4, 0.5) is 4.79 Å². The Balaban J connectivity index is 1.78. The van der Waals surface area contributed by atoms with Crippen molar-refractivity contribution in [2.45, 2.75) is 46.4 Å². The van der Waals surface area contributed by atoms with Crippen LogP contribution in [-0.2, 0) is 17.8 Å². The number of thiazole rings is 1. The van der Waals surface area contributed by atoms with Crippen LogP contribution in [0.25, 0.3) is 10.6 Å². The molecule has 1 aromatic heterocycles. The lowest BCUT2D eigenvalue weighted by atomic mass is 10.1. The molecule has 0 saturated heterocycles. The first kappa shape index (κ1) is 15.0. The minimum absolute atomic E-state index is 0.254. The molecule has 0 saturated carbocycles. The highest BCUT2D eigenvalue weighted by Crippen LogP contribution is 2.30. The molecular weight excluding hydrogens is 296 g/mol. The van der Waals surface area contributed by atoms with E-state index >= 15 is 0 Å². The number of amides is 1. The first-order chi connectivity index (χ1) is 10.3. The van der Waals surface area contributed by atoms with E-state index in [1.165, 1.54) is 11.1 Å². The van der Waals surface area contributed by atoms with Crippen molar-refractivity contribution in [1.82, 2.24) is 9.88 Å². The predicted octanol–water partition coefficient (Wildman–Crippen LogP) is 4.37. The highest BCUT2D eigenvalue weighted by molar-refractivity contribution is 7.13. The average Bonchev–Trinajstić information content (AvgIpc) is 3.01. The summed E-state index contributed by atoms with van der Waals surface area (Å²) >= 11 is 1.65. The summed E-state index contributed by atoms with van der Waals surface area (Å²) in [6.45, 7) is 8.87. The minimum atomic E-state index is -0.463. The molecule has 0 spiro atoms. The zero-order valence-electron chi connectivity index (χ0n) is 13.3. The van der Waals surface area contributed by atoms with E-state index in [2.05, 4.69) is 28.6 Å². The summed E-state index contributed by atoms with van der Waals surface area (Å²) in [6.07, 6.45) is -0.254. The molecule has 116 valence electrons. The summed E-state index contributed by atoms with van der Waals surface area (Å²) in [4.78, 5) is 18.4. The Bertz CT molecular complexity index is 716. The molecule has 2 aromatic rings. The molecule has 0 fully saturated rings. The number of hydrogen-bond donors (Lipinski definition) is 0. The maximum absolute atomic E-state index is 12.2. The highest BCUT2D eigenvalue weighted by atomic mass is 32.1. The van der Waals surface area contributed by atoms with Gasteiger partial charge < -0.3 is 4.74 Å². The second-order valence-corrected chi connectivity index (χ2v) is 7.47. The third-order valence-corrected chi connectivity index (χ3v) is 4.46. The van der Waals surface area contributed by atoms with Crippen LogP contribution in [0, 0.1) is 6.92 Å². The largest absolute Gasteiger partial charge is 0.444 e. The van der Waals surface area contributed by atoms with E-state index in [-0.39, 0.29) is 6.09 Å². The Morgan fingerprint density at radius 3 is 2.64 bits per heavy atom. The normalized spacial score (nSPS) is 14.1. The van der Waals surface area contributed by atoms with Gasteiger partial charge in [0.15, 0.2) is 0 Å². The number of ether oxygens (including phenoxy) is 1. The minimum Gasteiger partial charge on any atom is -0.444 e. The third kappa shape index (κ3) is 3.14. The van der Waals surface area contributed by atoms with Gasteiger partial charge in [0, 0.05) is 29.7 Å². The fourth-order valence-electron chi connectivity index (χ4n) is 2.47. The molecule has 22 heavy (non-hydrogen) atoms. The van der Waals surface area contributed by atoms with Crippen molar-refractivity contribution in [3.63, 3.8) is 0 Å². The van der Waals surface area contributed by atoms with Crippen molar-refractivity contribution in [1.29, 1.82) is 0 Å². The van der Waals surface area contributed by atoms with Gasteiger partial charge in [-0.2, -0.15) is 0 Å². The number of carbonyl (C=O) groups excluding carboxylic acids is 1. The number of hydrogen-bond acceptors (Lipinski definition) is 4. The number of fused-ring (bicyclic) bond motifs is 1. The Morgan fingerprint density at radius 2 is 2.00 bits per heavy atom. The van der Waals surface area contributed by atoms with E-state index in [1.54, 1.807) is 16.2 Å². The third-order valence-electron chi connectivity index (χ3n) is 3.45. The molecule has 0 N–H and O–H groups in total. The second kappa shape index (κ2) is 5.39. The van der Waals surface area contributed by atoms with Crippen molar-refractivity contribution in [2.24, 2.45) is 0 Å². The lowest BCUT2D eigenvalue weighted by Gasteiger charge is -2.24. The molecule has 2 heterocycles. The summed E-state index contributed by atoms with van der Waals surface area (Å²) in [5, 5.41) is 3.08. The standard InChI is InChI=1S/C17H20N2O2S/c1-11-10-22-15(18-11)12-5-6-13-8-19(9-14(13)7-12)16(20)21-17(2,3)4/h5-7,10H,8-9H2,1-4H3. The van der Waals surface area contributed by atoms with Gasteiger partial charge in [-0.25, -0.2) is 9.78 Å². The van der Waals surface area contributed by atoms with Crippen LogP contribution in [-0.4, -0.2) is 21.6 Å². The molecule has 1 amide bonds. The zero-order valence-corrected chi connectivity index (χ0v) is 14.2. The molecule has 4 nitrogen and oxygen atoms in total. The van der Waals surface area contributed by atoms with Crippen LogP contribution in [0.5, 0.6) is 0 Å². The number of aromatic nitrogens is 1. The van der Waals surface area contributed by atoms with Crippen LogP contribution >= 0.6 is 11.3 Å². The first-order valence-corrected chi connectivity index (χ1v) is 8.22. The summed E-state index contributed by atoms with van der Waals surface area (Å²) in [7, 11) is 0. The van der Waals surface area contributed by atoms with Crippen LogP contribution in [0.1, 0.15) is 37.6 Å². The molecule has 0 radical (unpaired) electrons. The molecule has 1 aromatic carbocycles. The molecule has 1 aliphatic heterocycles. The molecule has 0 atom stereocenters. The number of benzene rings is 1. The highest BCUT2D eigenvalue weighted by Gasteiger charge is 2.27. The van der Waals surface area contributed by atoms with Crippen molar-refractivity contribution >= 4 is 17.4 Å². The van der Waals surface area contributed by atoms with E-state index < -0.39 is 5.60 Å².